The Hall–Kier alpha value is -5.33. The van der Waals surface area contributed by atoms with E-state index in [4.69, 9.17) is 9.47 Å². The summed E-state index contributed by atoms with van der Waals surface area (Å²) in [6.45, 7) is 7.88. The van der Waals surface area contributed by atoms with Gasteiger partial charge in [0.15, 0.2) is 0 Å². The van der Waals surface area contributed by atoms with Crippen molar-refractivity contribution in [1.29, 1.82) is 0 Å². The van der Waals surface area contributed by atoms with Crippen LogP contribution in [0.25, 0.3) is 16.7 Å². The van der Waals surface area contributed by atoms with Crippen LogP contribution in [0.2, 0.25) is 0 Å². The molecule has 0 saturated heterocycles. The second-order valence-corrected chi connectivity index (χ2v) is 10.8. The van der Waals surface area contributed by atoms with Crippen molar-refractivity contribution >= 4 is 28.5 Å². The Balaban J connectivity index is 1.65. The zero-order chi connectivity index (χ0) is 30.6. The molecule has 0 saturated carbocycles. The van der Waals surface area contributed by atoms with E-state index >= 15 is 0 Å². The SMILES string of the molecule is CCOc1ccc([C@@H](C(=O)NC(C)(C)C)N(C(=O)Cn2nnc3ccccc32)c2ccc(-n3cnnn3)c(OC)c2)cc1. The van der Waals surface area contributed by atoms with Gasteiger partial charge < -0.3 is 14.8 Å². The van der Waals surface area contributed by atoms with Gasteiger partial charge in [0.25, 0.3) is 0 Å². The molecule has 2 heterocycles. The summed E-state index contributed by atoms with van der Waals surface area (Å²) in [5.41, 5.74) is 2.35. The number of tetrazole rings is 1. The normalized spacial score (nSPS) is 12.1. The van der Waals surface area contributed by atoms with Crippen molar-refractivity contribution in [3.05, 3.63) is 78.6 Å². The lowest BCUT2D eigenvalue weighted by Crippen LogP contribution is -2.50. The van der Waals surface area contributed by atoms with Crippen molar-refractivity contribution in [3.63, 3.8) is 0 Å². The summed E-state index contributed by atoms with van der Waals surface area (Å²) < 4.78 is 14.3. The molecule has 5 rings (SSSR count). The van der Waals surface area contributed by atoms with Crippen LogP contribution in [0.3, 0.4) is 0 Å². The highest BCUT2D eigenvalue weighted by atomic mass is 16.5. The van der Waals surface area contributed by atoms with Gasteiger partial charge in [0.2, 0.25) is 11.8 Å². The van der Waals surface area contributed by atoms with E-state index < -0.39 is 17.5 Å². The molecule has 222 valence electrons. The Morgan fingerprint density at radius 1 is 1.02 bits per heavy atom. The molecule has 43 heavy (non-hydrogen) atoms. The molecule has 2 aromatic heterocycles. The van der Waals surface area contributed by atoms with Crippen molar-refractivity contribution < 1.29 is 19.1 Å². The molecule has 5 aromatic rings. The molecule has 0 radical (unpaired) electrons. The largest absolute Gasteiger partial charge is 0.494 e. The van der Waals surface area contributed by atoms with Gasteiger partial charge in [-0.25, -0.2) is 4.68 Å². The number of nitrogens with one attached hydrogen (secondary N) is 1. The van der Waals surface area contributed by atoms with Gasteiger partial charge in [-0.05, 0) is 80.1 Å². The Kier molecular flexibility index (Phi) is 8.32. The monoisotopic (exact) mass is 583 g/mol. The van der Waals surface area contributed by atoms with Gasteiger partial charge in [0.05, 0.1) is 19.2 Å². The smallest absolute Gasteiger partial charge is 0.249 e. The highest BCUT2D eigenvalue weighted by Crippen LogP contribution is 2.34. The van der Waals surface area contributed by atoms with Gasteiger partial charge >= 0.3 is 0 Å². The van der Waals surface area contributed by atoms with Crippen LogP contribution in [-0.4, -0.2) is 66.3 Å². The topological polar surface area (TPSA) is 142 Å². The summed E-state index contributed by atoms with van der Waals surface area (Å²) >= 11 is 0. The average Bonchev–Trinajstić information content (AvgIpc) is 3.66. The first kappa shape index (κ1) is 29.2. The number of carbonyl (C=O) groups excluding carboxylic acids is 2. The number of rotatable bonds is 10. The molecule has 13 nitrogen and oxygen atoms in total. The molecule has 1 N–H and O–H groups in total. The third-order valence-electron chi connectivity index (χ3n) is 6.52. The molecule has 0 unspecified atom stereocenters. The standard InChI is InChI=1S/C30H33N9O4/c1-6-43-22-14-11-20(12-15-22)28(29(41)32-30(2,3)4)39(27(40)18-37-24-10-8-7-9-23(24)33-35-37)21-13-16-25(26(17-21)42-5)38-19-31-34-36-38/h7-17,19,28H,6,18H2,1-5H3,(H,32,41)/t28-/m0/s1. The summed E-state index contributed by atoms with van der Waals surface area (Å²) in [6.07, 6.45) is 1.44. The fourth-order valence-corrected chi connectivity index (χ4v) is 4.72. The van der Waals surface area contributed by atoms with Gasteiger partial charge in [-0.3, -0.25) is 14.5 Å². The van der Waals surface area contributed by atoms with Crippen LogP contribution >= 0.6 is 0 Å². The van der Waals surface area contributed by atoms with Crippen molar-refractivity contribution in [2.45, 2.75) is 45.8 Å². The van der Waals surface area contributed by atoms with E-state index in [1.807, 2.05) is 52.0 Å². The quantitative estimate of drug-likeness (QED) is 0.261. The summed E-state index contributed by atoms with van der Waals surface area (Å²) in [5, 5.41) is 22.8. The van der Waals surface area contributed by atoms with Gasteiger partial charge in [-0.2, -0.15) is 4.68 Å². The zero-order valence-corrected chi connectivity index (χ0v) is 24.6. The van der Waals surface area contributed by atoms with E-state index in [2.05, 4.69) is 31.2 Å². The Morgan fingerprint density at radius 2 is 1.79 bits per heavy atom. The maximum atomic E-state index is 14.4. The molecule has 0 bridgehead atoms. The van der Waals surface area contributed by atoms with E-state index in [-0.39, 0.29) is 12.5 Å². The summed E-state index contributed by atoms with van der Waals surface area (Å²) in [6, 6.07) is 18.6. The minimum Gasteiger partial charge on any atom is -0.494 e. The highest BCUT2D eigenvalue weighted by molar-refractivity contribution is 6.02. The molecule has 1 atom stereocenters. The van der Waals surface area contributed by atoms with Crippen LogP contribution in [0.4, 0.5) is 5.69 Å². The Bertz CT molecular complexity index is 1710. The van der Waals surface area contributed by atoms with Crippen LogP contribution in [0.5, 0.6) is 11.5 Å². The van der Waals surface area contributed by atoms with Crippen molar-refractivity contribution in [1.82, 2.24) is 40.5 Å². The molecule has 0 aliphatic carbocycles. The number of hydrogen-bond acceptors (Lipinski definition) is 9. The molecule has 0 fully saturated rings. The maximum Gasteiger partial charge on any atom is 0.249 e. The van der Waals surface area contributed by atoms with E-state index in [0.717, 1.165) is 0 Å². The van der Waals surface area contributed by atoms with Gasteiger partial charge in [-0.1, -0.05) is 29.5 Å². The average molecular weight is 584 g/mol. The fraction of sp³-hybridized carbons (Fsp3) is 0.300. The second-order valence-electron chi connectivity index (χ2n) is 10.8. The zero-order valence-electron chi connectivity index (χ0n) is 24.6. The molecule has 2 amide bonds. The molecular formula is C30H33N9O4. The van der Waals surface area contributed by atoms with E-state index in [0.29, 0.717) is 46.1 Å². The molecule has 0 spiro atoms. The number of ether oxygens (including phenoxy) is 2. The predicted molar refractivity (Wildman–Crippen MR) is 159 cm³/mol. The summed E-state index contributed by atoms with van der Waals surface area (Å²) in [5.74, 6) is 0.295. The van der Waals surface area contributed by atoms with Crippen LogP contribution < -0.4 is 19.7 Å². The first-order valence-electron chi connectivity index (χ1n) is 13.7. The predicted octanol–water partition coefficient (Wildman–Crippen LogP) is 3.50. The lowest BCUT2D eigenvalue weighted by atomic mass is 10.0. The highest BCUT2D eigenvalue weighted by Gasteiger charge is 2.35. The summed E-state index contributed by atoms with van der Waals surface area (Å²) in [4.78, 5) is 29.9. The van der Waals surface area contributed by atoms with Crippen molar-refractivity contribution in [2.75, 3.05) is 18.6 Å². The molecular weight excluding hydrogens is 550 g/mol. The molecule has 13 heteroatoms. The van der Waals surface area contributed by atoms with E-state index in [1.54, 1.807) is 42.5 Å². The molecule has 0 aliphatic heterocycles. The maximum absolute atomic E-state index is 14.4. The number of fused-ring (bicyclic) bond motifs is 1. The number of carbonyl (C=O) groups is 2. The van der Waals surface area contributed by atoms with Crippen molar-refractivity contribution in [2.24, 2.45) is 0 Å². The Labute approximate surface area is 248 Å². The number of nitrogens with zero attached hydrogens (tertiary/aromatic N) is 8. The van der Waals surface area contributed by atoms with Crippen LogP contribution in [0, 0.1) is 0 Å². The van der Waals surface area contributed by atoms with Gasteiger partial charge in [0, 0.05) is 17.3 Å². The van der Waals surface area contributed by atoms with E-state index in [1.165, 1.54) is 27.7 Å². The number of amides is 2. The van der Waals surface area contributed by atoms with Crippen molar-refractivity contribution in [3.8, 4) is 17.2 Å². The first-order valence-corrected chi connectivity index (χ1v) is 13.7. The van der Waals surface area contributed by atoms with Crippen LogP contribution in [0.1, 0.15) is 39.3 Å². The Morgan fingerprint density at radius 3 is 2.47 bits per heavy atom. The van der Waals surface area contributed by atoms with Crippen LogP contribution in [-0.2, 0) is 16.1 Å². The van der Waals surface area contributed by atoms with Gasteiger partial charge in [-0.15, -0.1) is 10.2 Å². The third kappa shape index (κ3) is 6.45. The number of methoxy groups -OCH3 is 1. The number of benzene rings is 3. The third-order valence-corrected chi connectivity index (χ3v) is 6.52. The second kappa shape index (κ2) is 12.3. The number of para-hydroxylation sites is 1. The minimum absolute atomic E-state index is 0.173. The minimum atomic E-state index is -1.05. The van der Waals surface area contributed by atoms with Crippen LogP contribution in [0.15, 0.2) is 73.1 Å². The molecule has 3 aromatic carbocycles. The lowest BCUT2D eigenvalue weighted by Gasteiger charge is -2.34. The van der Waals surface area contributed by atoms with Gasteiger partial charge in [0.1, 0.15) is 41.6 Å². The summed E-state index contributed by atoms with van der Waals surface area (Å²) in [7, 11) is 1.51. The van der Waals surface area contributed by atoms with E-state index in [9.17, 15) is 9.59 Å². The number of hydrogen-bond donors (Lipinski definition) is 1. The number of anilines is 1. The fourth-order valence-electron chi connectivity index (χ4n) is 4.72. The first-order chi connectivity index (χ1) is 20.7. The lowest BCUT2D eigenvalue weighted by molar-refractivity contribution is -0.128. The number of aromatic nitrogens is 7. The molecule has 0 aliphatic rings.